The normalized spacial score (nSPS) is 10.4. The first-order valence-corrected chi connectivity index (χ1v) is 6.26. The molecule has 16 heavy (non-hydrogen) atoms. The van der Waals surface area contributed by atoms with E-state index < -0.39 is 0 Å². The third kappa shape index (κ3) is 2.77. The highest BCUT2D eigenvalue weighted by molar-refractivity contribution is 8.00. The number of nitrogens with zero attached hydrogens (tertiary/aromatic N) is 5. The van der Waals surface area contributed by atoms with Gasteiger partial charge in [0, 0.05) is 7.05 Å². The molecule has 2 aromatic heterocycles. The van der Waals surface area contributed by atoms with Crippen LogP contribution < -0.4 is 5.32 Å². The molecule has 0 aliphatic rings. The van der Waals surface area contributed by atoms with Gasteiger partial charge in [-0.25, -0.2) is 0 Å². The number of aryl methyl sites for hydroxylation is 1. The van der Waals surface area contributed by atoms with Crippen LogP contribution in [0.3, 0.4) is 0 Å². The quantitative estimate of drug-likeness (QED) is 0.915. The smallest absolute Gasteiger partial charge is 0.228 e. The zero-order valence-corrected chi connectivity index (χ0v) is 10.8. The molecule has 0 atom stereocenters. The first kappa shape index (κ1) is 11.5. The lowest BCUT2D eigenvalue weighted by molar-refractivity contribution is 0.903. The van der Waals surface area contributed by atoms with E-state index in [9.17, 15) is 0 Å². The van der Waals surface area contributed by atoms with E-state index in [2.05, 4.69) is 30.5 Å². The molecule has 9 heteroatoms. The summed E-state index contributed by atoms with van der Waals surface area (Å²) < 4.78 is 0.779. The van der Waals surface area contributed by atoms with Gasteiger partial charge in [-0.05, 0) is 30.3 Å². The summed E-state index contributed by atoms with van der Waals surface area (Å²) in [5.41, 5.74) is 0. The van der Waals surface area contributed by atoms with Gasteiger partial charge < -0.3 is 5.32 Å². The first-order valence-electron chi connectivity index (χ1n) is 4.24. The van der Waals surface area contributed by atoms with Gasteiger partial charge in [-0.3, -0.25) is 0 Å². The number of halogens is 1. The number of aromatic nitrogens is 5. The fourth-order valence-electron chi connectivity index (χ4n) is 0.887. The minimum Gasteiger partial charge on any atom is -0.357 e. The van der Waals surface area contributed by atoms with E-state index in [4.69, 9.17) is 11.6 Å². The maximum absolute atomic E-state index is 5.75. The number of hydrogen-bond donors (Lipinski definition) is 1. The molecule has 2 rings (SSSR count). The molecule has 0 radical (unpaired) electrons. The Hall–Kier alpha value is -0.990. The molecular weight excluding hydrogens is 268 g/mol. The van der Waals surface area contributed by atoms with E-state index in [-0.39, 0.29) is 5.28 Å². The molecule has 0 aromatic carbocycles. The summed E-state index contributed by atoms with van der Waals surface area (Å²) in [6, 6.07) is 0. The minimum atomic E-state index is 0.156. The maximum atomic E-state index is 5.75. The monoisotopic (exact) mass is 274 g/mol. The number of rotatable bonds is 3. The molecule has 0 fully saturated rings. The second-order valence-electron chi connectivity index (χ2n) is 2.65. The Balaban J connectivity index is 2.24. The van der Waals surface area contributed by atoms with Crippen molar-refractivity contribution in [1.82, 2.24) is 25.1 Å². The SMILES string of the molecule is CNc1nc(Cl)nc(Sc2nnc(C)s2)n1. The topological polar surface area (TPSA) is 76.5 Å². The van der Waals surface area contributed by atoms with Crippen LogP contribution in [0, 0.1) is 6.92 Å². The molecule has 0 aliphatic heterocycles. The number of nitrogens with one attached hydrogen (secondary N) is 1. The predicted octanol–water partition coefficient (Wildman–Crippen LogP) is 1.88. The van der Waals surface area contributed by atoms with E-state index in [0.717, 1.165) is 9.35 Å². The zero-order valence-electron chi connectivity index (χ0n) is 8.43. The van der Waals surface area contributed by atoms with Gasteiger partial charge in [0.15, 0.2) is 4.34 Å². The van der Waals surface area contributed by atoms with Gasteiger partial charge >= 0.3 is 0 Å². The Kier molecular flexibility index (Phi) is 3.52. The second kappa shape index (κ2) is 4.89. The zero-order chi connectivity index (χ0) is 11.5. The van der Waals surface area contributed by atoms with E-state index in [1.165, 1.54) is 23.1 Å². The Morgan fingerprint density at radius 2 is 2.06 bits per heavy atom. The summed E-state index contributed by atoms with van der Waals surface area (Å²) in [6.07, 6.45) is 0. The van der Waals surface area contributed by atoms with Crippen molar-refractivity contribution in [2.45, 2.75) is 16.4 Å². The van der Waals surface area contributed by atoms with E-state index >= 15 is 0 Å². The summed E-state index contributed by atoms with van der Waals surface area (Å²) >= 11 is 8.54. The molecule has 0 aliphatic carbocycles. The van der Waals surface area contributed by atoms with Crippen molar-refractivity contribution in [1.29, 1.82) is 0 Å². The third-order valence-corrected chi connectivity index (χ3v) is 3.42. The second-order valence-corrected chi connectivity index (χ2v) is 5.38. The lowest BCUT2D eigenvalue weighted by Gasteiger charge is -2.00. The van der Waals surface area contributed by atoms with E-state index in [1.807, 2.05) is 6.92 Å². The first-order chi connectivity index (χ1) is 7.67. The van der Waals surface area contributed by atoms with Crippen LogP contribution in [-0.4, -0.2) is 32.2 Å². The number of anilines is 1. The van der Waals surface area contributed by atoms with E-state index in [1.54, 1.807) is 7.05 Å². The van der Waals surface area contributed by atoms with Gasteiger partial charge in [0.05, 0.1) is 0 Å². The fourth-order valence-corrected chi connectivity index (χ4v) is 2.77. The van der Waals surface area contributed by atoms with Gasteiger partial charge in [-0.1, -0.05) is 11.3 Å². The molecule has 84 valence electrons. The van der Waals surface area contributed by atoms with Crippen LogP contribution >= 0.6 is 34.7 Å². The van der Waals surface area contributed by atoms with Crippen LogP contribution in [0.4, 0.5) is 5.95 Å². The fraction of sp³-hybridized carbons (Fsp3) is 0.286. The van der Waals surface area contributed by atoms with Crippen molar-refractivity contribution in [3.8, 4) is 0 Å². The van der Waals surface area contributed by atoms with Crippen LogP contribution in [0.2, 0.25) is 5.28 Å². The van der Waals surface area contributed by atoms with Crippen molar-refractivity contribution >= 4 is 40.6 Å². The molecule has 0 unspecified atom stereocenters. The highest BCUT2D eigenvalue weighted by Gasteiger charge is 2.08. The highest BCUT2D eigenvalue weighted by Crippen LogP contribution is 2.28. The summed E-state index contributed by atoms with van der Waals surface area (Å²) in [5.74, 6) is 0.434. The Morgan fingerprint density at radius 3 is 2.69 bits per heavy atom. The average molecular weight is 275 g/mol. The molecule has 2 aromatic rings. The van der Waals surface area contributed by atoms with Crippen molar-refractivity contribution in [2.24, 2.45) is 0 Å². The minimum absolute atomic E-state index is 0.156. The lowest BCUT2D eigenvalue weighted by Crippen LogP contribution is -1.99. The third-order valence-electron chi connectivity index (χ3n) is 1.50. The van der Waals surface area contributed by atoms with Crippen LogP contribution in [0.15, 0.2) is 9.50 Å². The molecule has 0 saturated carbocycles. The van der Waals surface area contributed by atoms with Crippen molar-refractivity contribution in [2.75, 3.05) is 12.4 Å². The van der Waals surface area contributed by atoms with Gasteiger partial charge in [0.25, 0.3) is 0 Å². The molecule has 0 amide bonds. The largest absolute Gasteiger partial charge is 0.357 e. The van der Waals surface area contributed by atoms with Crippen molar-refractivity contribution < 1.29 is 0 Å². The summed E-state index contributed by atoms with van der Waals surface area (Å²) in [5, 5.41) is 12.2. The summed E-state index contributed by atoms with van der Waals surface area (Å²) in [4.78, 5) is 12.0. The van der Waals surface area contributed by atoms with Gasteiger partial charge in [-0.15, -0.1) is 10.2 Å². The summed E-state index contributed by atoms with van der Waals surface area (Å²) in [6.45, 7) is 1.89. The lowest BCUT2D eigenvalue weighted by atomic mass is 10.9. The molecule has 6 nitrogen and oxygen atoms in total. The van der Waals surface area contributed by atoms with Crippen LogP contribution in [-0.2, 0) is 0 Å². The van der Waals surface area contributed by atoms with Gasteiger partial charge in [0.1, 0.15) is 5.01 Å². The molecule has 0 bridgehead atoms. The predicted molar refractivity (Wildman–Crippen MR) is 63.2 cm³/mol. The maximum Gasteiger partial charge on any atom is 0.228 e. The average Bonchev–Trinajstić information content (AvgIpc) is 2.63. The standard InChI is InChI=1S/C7H7ClN6S2/c1-3-13-14-7(15-3)16-6-11-4(8)10-5(9-2)12-6/h1-2H3,(H,9,10,11,12). The Bertz CT molecular complexity index is 501. The van der Waals surface area contributed by atoms with Crippen LogP contribution in [0.25, 0.3) is 0 Å². The number of hydrogen-bond acceptors (Lipinski definition) is 8. The molecular formula is C7H7ClN6S2. The highest BCUT2D eigenvalue weighted by atomic mass is 35.5. The van der Waals surface area contributed by atoms with Gasteiger partial charge in [0.2, 0.25) is 16.4 Å². The summed E-state index contributed by atoms with van der Waals surface area (Å²) in [7, 11) is 1.72. The molecule has 1 N–H and O–H groups in total. The Morgan fingerprint density at radius 1 is 1.25 bits per heavy atom. The van der Waals surface area contributed by atoms with Crippen LogP contribution in [0.1, 0.15) is 5.01 Å². The molecule has 0 saturated heterocycles. The molecule has 0 spiro atoms. The van der Waals surface area contributed by atoms with Gasteiger partial charge in [-0.2, -0.15) is 15.0 Å². The van der Waals surface area contributed by atoms with Crippen molar-refractivity contribution in [3.05, 3.63) is 10.3 Å². The Labute approximate surface area is 105 Å². The van der Waals surface area contributed by atoms with Crippen LogP contribution in [0.5, 0.6) is 0 Å². The molecule has 2 heterocycles. The van der Waals surface area contributed by atoms with E-state index in [0.29, 0.717) is 11.1 Å². The van der Waals surface area contributed by atoms with Crippen molar-refractivity contribution in [3.63, 3.8) is 0 Å².